The molecule has 1 aliphatic rings. The summed E-state index contributed by atoms with van der Waals surface area (Å²) in [4.78, 5) is 32.1. The first-order valence-electron chi connectivity index (χ1n) is 12.0. The van der Waals surface area contributed by atoms with Crippen molar-refractivity contribution < 1.29 is 18.7 Å². The van der Waals surface area contributed by atoms with Crippen LogP contribution in [0.5, 0.6) is 5.75 Å². The second-order valence-electron chi connectivity index (χ2n) is 8.99. The van der Waals surface area contributed by atoms with E-state index in [1.165, 1.54) is 11.3 Å². The van der Waals surface area contributed by atoms with Crippen LogP contribution in [-0.4, -0.2) is 23.8 Å². The molecule has 0 radical (unpaired) electrons. The molecule has 2 aromatic heterocycles. The summed E-state index contributed by atoms with van der Waals surface area (Å²) >= 11 is 7.55. The van der Waals surface area contributed by atoms with Gasteiger partial charge >= 0.3 is 5.97 Å². The normalized spacial score (nSPS) is 15.4. The molecular weight excluding hydrogens is 524 g/mol. The minimum absolute atomic E-state index is 0.285. The van der Waals surface area contributed by atoms with Gasteiger partial charge in [-0.1, -0.05) is 47.2 Å². The number of rotatable bonds is 6. The Morgan fingerprint density at radius 1 is 1.13 bits per heavy atom. The number of nitrogens with zero attached hydrogens (tertiary/aromatic N) is 2. The number of halogens is 1. The number of fused-ring (bicyclic) bond motifs is 1. The van der Waals surface area contributed by atoms with E-state index in [4.69, 9.17) is 25.5 Å². The smallest absolute Gasteiger partial charge is 0.338 e. The van der Waals surface area contributed by atoms with E-state index in [0.29, 0.717) is 42.9 Å². The highest BCUT2D eigenvalue weighted by atomic mass is 35.5. The molecule has 9 heteroatoms. The molecule has 194 valence electrons. The van der Waals surface area contributed by atoms with Gasteiger partial charge in [-0.15, -0.1) is 0 Å². The van der Waals surface area contributed by atoms with E-state index in [0.717, 1.165) is 11.1 Å². The van der Waals surface area contributed by atoms with E-state index in [9.17, 15) is 9.59 Å². The van der Waals surface area contributed by atoms with Crippen LogP contribution in [0.1, 0.15) is 38.1 Å². The molecule has 38 heavy (non-hydrogen) atoms. The Kier molecular flexibility index (Phi) is 7.10. The molecule has 0 amide bonds. The predicted octanol–water partition coefficient (Wildman–Crippen LogP) is 5.11. The first-order chi connectivity index (χ1) is 18.3. The molecular formula is C29H25ClN2O5S. The van der Waals surface area contributed by atoms with Crippen molar-refractivity contribution in [3.63, 3.8) is 0 Å². The van der Waals surface area contributed by atoms with Gasteiger partial charge in [0.15, 0.2) is 4.80 Å². The van der Waals surface area contributed by atoms with Crippen LogP contribution in [0.3, 0.4) is 0 Å². The summed E-state index contributed by atoms with van der Waals surface area (Å²) < 4.78 is 18.8. The monoisotopic (exact) mass is 548 g/mol. The lowest BCUT2D eigenvalue weighted by Gasteiger charge is -2.25. The topological polar surface area (TPSA) is 83.0 Å². The number of aromatic nitrogens is 1. The Morgan fingerprint density at radius 2 is 1.87 bits per heavy atom. The van der Waals surface area contributed by atoms with Gasteiger partial charge in [-0.3, -0.25) is 9.36 Å². The maximum Gasteiger partial charge on any atom is 0.338 e. The molecule has 7 nitrogen and oxygen atoms in total. The highest BCUT2D eigenvalue weighted by Gasteiger charge is 2.33. The number of hydrogen-bond acceptors (Lipinski definition) is 7. The van der Waals surface area contributed by atoms with Crippen LogP contribution in [-0.2, 0) is 9.53 Å². The maximum absolute atomic E-state index is 13.8. The Bertz CT molecular complexity index is 1730. The molecule has 5 rings (SSSR count). The summed E-state index contributed by atoms with van der Waals surface area (Å²) in [6.45, 7) is 5.32. The molecule has 0 spiro atoms. The van der Waals surface area contributed by atoms with E-state index >= 15 is 0 Å². The van der Waals surface area contributed by atoms with Crippen molar-refractivity contribution in [3.8, 4) is 17.1 Å². The summed E-state index contributed by atoms with van der Waals surface area (Å²) in [5.41, 5.74) is 2.04. The number of carbonyl (C=O) groups is 1. The minimum atomic E-state index is -0.708. The molecule has 1 aliphatic heterocycles. The standard InChI is InChI=1S/C29H25ClN2O5S/c1-16(2)36-28(34)25-17(3)31-29-32(26(25)18-9-11-19(35-4)12-10-18)27(33)24(38-29)15-20-13-14-23(37-20)21-7-5-6-8-22(21)30/h5-16,26H,1-4H3/b24-15-/t26-/m0/s1. The third-order valence-electron chi connectivity index (χ3n) is 6.06. The molecule has 0 bridgehead atoms. The fourth-order valence-corrected chi connectivity index (χ4v) is 5.58. The molecule has 0 saturated heterocycles. The van der Waals surface area contributed by atoms with Crippen LogP contribution < -0.4 is 19.6 Å². The number of esters is 1. The van der Waals surface area contributed by atoms with Crippen LogP contribution in [0.15, 0.2) is 86.1 Å². The molecule has 0 saturated carbocycles. The molecule has 0 N–H and O–H groups in total. The summed E-state index contributed by atoms with van der Waals surface area (Å²) in [5.74, 6) is 1.26. The van der Waals surface area contributed by atoms with E-state index in [1.807, 2.05) is 36.4 Å². The van der Waals surface area contributed by atoms with E-state index in [-0.39, 0.29) is 11.7 Å². The highest BCUT2D eigenvalue weighted by Crippen LogP contribution is 2.32. The Hall–Kier alpha value is -3.88. The molecule has 0 aliphatic carbocycles. The molecule has 0 fully saturated rings. The zero-order valence-corrected chi connectivity index (χ0v) is 22.8. The van der Waals surface area contributed by atoms with Crippen LogP contribution in [0.4, 0.5) is 0 Å². The van der Waals surface area contributed by atoms with Crippen molar-refractivity contribution in [3.05, 3.63) is 108 Å². The third-order valence-corrected chi connectivity index (χ3v) is 7.37. The van der Waals surface area contributed by atoms with Gasteiger partial charge in [0.2, 0.25) is 0 Å². The number of ether oxygens (including phenoxy) is 2. The van der Waals surface area contributed by atoms with Gasteiger partial charge in [0.25, 0.3) is 5.56 Å². The van der Waals surface area contributed by atoms with Crippen LogP contribution in [0, 0.1) is 0 Å². The number of benzene rings is 2. The molecule has 1 atom stereocenters. The van der Waals surface area contributed by atoms with Crippen molar-refractivity contribution in [2.75, 3.05) is 7.11 Å². The van der Waals surface area contributed by atoms with Crippen LogP contribution in [0.25, 0.3) is 17.4 Å². The zero-order valence-electron chi connectivity index (χ0n) is 21.2. The van der Waals surface area contributed by atoms with Crippen LogP contribution in [0.2, 0.25) is 5.02 Å². The van der Waals surface area contributed by atoms with Gasteiger partial charge in [0, 0.05) is 11.6 Å². The lowest BCUT2D eigenvalue weighted by atomic mass is 9.96. The number of methoxy groups -OCH3 is 1. The number of furan rings is 1. The second kappa shape index (κ2) is 10.5. The molecule has 2 aromatic carbocycles. The van der Waals surface area contributed by atoms with Crippen molar-refractivity contribution in [1.29, 1.82) is 0 Å². The average Bonchev–Trinajstić information content (AvgIpc) is 3.47. The zero-order chi connectivity index (χ0) is 27.0. The van der Waals surface area contributed by atoms with Gasteiger partial charge < -0.3 is 13.9 Å². The van der Waals surface area contributed by atoms with E-state index in [2.05, 4.69) is 4.99 Å². The first kappa shape index (κ1) is 25.8. The van der Waals surface area contributed by atoms with E-state index in [1.54, 1.807) is 62.8 Å². The summed E-state index contributed by atoms with van der Waals surface area (Å²) in [6.07, 6.45) is 1.36. The summed E-state index contributed by atoms with van der Waals surface area (Å²) in [7, 11) is 1.58. The quantitative estimate of drug-likeness (QED) is 0.313. The lowest BCUT2D eigenvalue weighted by Crippen LogP contribution is -2.40. The SMILES string of the molecule is COc1ccc([C@H]2C(C(=O)OC(C)C)=C(C)N=c3s/c(=C\c4ccc(-c5ccccc5Cl)o4)c(=O)n32)cc1. The Balaban J connectivity index is 1.64. The van der Waals surface area contributed by atoms with Crippen LogP contribution >= 0.6 is 22.9 Å². The predicted molar refractivity (Wildman–Crippen MR) is 147 cm³/mol. The van der Waals surface area contributed by atoms with Gasteiger partial charge in [-0.2, -0.15) is 0 Å². The average molecular weight is 549 g/mol. The fourth-order valence-electron chi connectivity index (χ4n) is 4.33. The van der Waals surface area contributed by atoms with Gasteiger partial charge in [-0.25, -0.2) is 9.79 Å². The summed E-state index contributed by atoms with van der Waals surface area (Å²) in [5, 5.41) is 0.573. The maximum atomic E-state index is 13.8. The van der Waals surface area contributed by atoms with Gasteiger partial charge in [0.05, 0.1) is 40.1 Å². The van der Waals surface area contributed by atoms with Crippen molar-refractivity contribution in [1.82, 2.24) is 4.57 Å². The van der Waals surface area contributed by atoms with Crippen molar-refractivity contribution in [2.45, 2.75) is 32.9 Å². The second-order valence-corrected chi connectivity index (χ2v) is 10.4. The summed E-state index contributed by atoms with van der Waals surface area (Å²) in [6, 6.07) is 17.6. The molecule has 0 unspecified atom stereocenters. The third kappa shape index (κ3) is 4.85. The Labute approximate surface area is 227 Å². The molecule has 3 heterocycles. The van der Waals surface area contributed by atoms with Crippen molar-refractivity contribution in [2.24, 2.45) is 4.99 Å². The first-order valence-corrected chi connectivity index (χ1v) is 13.2. The molecule has 4 aromatic rings. The van der Waals surface area contributed by atoms with E-state index < -0.39 is 12.0 Å². The Morgan fingerprint density at radius 3 is 2.55 bits per heavy atom. The number of carbonyl (C=O) groups excluding carboxylic acids is 1. The number of thiazole rings is 1. The lowest BCUT2D eigenvalue weighted by molar-refractivity contribution is -0.143. The van der Waals surface area contributed by atoms with Crippen molar-refractivity contribution >= 4 is 35.0 Å². The van der Waals surface area contributed by atoms with Gasteiger partial charge in [-0.05, 0) is 62.7 Å². The van der Waals surface area contributed by atoms with Gasteiger partial charge in [0.1, 0.15) is 17.3 Å². The largest absolute Gasteiger partial charge is 0.497 e. The number of allylic oxidation sites excluding steroid dienone is 1. The fraction of sp³-hybridized carbons (Fsp3) is 0.207. The minimum Gasteiger partial charge on any atom is -0.497 e. The number of hydrogen-bond donors (Lipinski definition) is 0. The highest BCUT2D eigenvalue weighted by molar-refractivity contribution is 7.07.